The summed E-state index contributed by atoms with van der Waals surface area (Å²) in [4.78, 5) is 7.13. The summed E-state index contributed by atoms with van der Waals surface area (Å²) in [6.07, 6.45) is -2.36. The maximum absolute atomic E-state index is 13.4. The van der Waals surface area contributed by atoms with Gasteiger partial charge in [-0.25, -0.2) is 4.98 Å². The minimum absolute atomic E-state index is 0.0219. The van der Waals surface area contributed by atoms with E-state index in [-0.39, 0.29) is 24.0 Å². The molecule has 0 saturated heterocycles. The second-order valence-corrected chi connectivity index (χ2v) is 6.80. The maximum Gasteiger partial charge on any atom is 0.418 e. The minimum atomic E-state index is -4.45. The van der Waals surface area contributed by atoms with Crippen LogP contribution in [0.25, 0.3) is 11.0 Å². The Morgan fingerprint density at radius 2 is 2.08 bits per heavy atom. The summed E-state index contributed by atoms with van der Waals surface area (Å²) in [5, 5.41) is 13.0. The van der Waals surface area contributed by atoms with E-state index in [4.69, 9.17) is 0 Å². The number of imidazole rings is 1. The summed E-state index contributed by atoms with van der Waals surface area (Å²) in [5.41, 5.74) is 0.188. The quantitative estimate of drug-likeness (QED) is 0.794. The number of aromatic nitrogens is 2. The lowest BCUT2D eigenvalue weighted by atomic mass is 10.1. The molecule has 2 atom stereocenters. The van der Waals surface area contributed by atoms with E-state index in [2.05, 4.69) is 15.3 Å². The van der Waals surface area contributed by atoms with Crippen LogP contribution >= 0.6 is 0 Å². The van der Waals surface area contributed by atoms with E-state index in [1.54, 1.807) is 6.07 Å². The highest BCUT2D eigenvalue weighted by Crippen LogP contribution is 2.35. The van der Waals surface area contributed by atoms with Crippen LogP contribution in [0.5, 0.6) is 0 Å². The fourth-order valence-electron chi connectivity index (χ4n) is 3.22. The van der Waals surface area contributed by atoms with Gasteiger partial charge in [-0.1, -0.05) is 13.8 Å². The predicted molar refractivity (Wildman–Crippen MR) is 85.7 cm³/mol. The number of H-pyrrole nitrogens is 1. The molecule has 2 aromatic rings. The van der Waals surface area contributed by atoms with Crippen molar-refractivity contribution in [1.29, 1.82) is 0 Å². The Morgan fingerprint density at radius 3 is 2.67 bits per heavy atom. The van der Waals surface area contributed by atoms with Crippen molar-refractivity contribution >= 4 is 11.0 Å². The second-order valence-electron chi connectivity index (χ2n) is 6.80. The number of nitrogens with zero attached hydrogens (tertiary/aromatic N) is 1. The molecule has 4 nitrogen and oxygen atoms in total. The summed E-state index contributed by atoms with van der Waals surface area (Å²) in [6, 6.07) is 2.81. The number of aliphatic hydroxyl groups is 1. The number of fused-ring (bicyclic) bond motifs is 1. The van der Waals surface area contributed by atoms with Crippen molar-refractivity contribution in [1.82, 2.24) is 15.3 Å². The lowest BCUT2D eigenvalue weighted by Gasteiger charge is -2.17. The third-order valence-electron chi connectivity index (χ3n) is 4.56. The summed E-state index contributed by atoms with van der Waals surface area (Å²) < 4.78 is 40.2. The Morgan fingerprint density at radius 1 is 1.33 bits per heavy atom. The smallest absolute Gasteiger partial charge is 0.392 e. The first kappa shape index (κ1) is 17.2. The first-order chi connectivity index (χ1) is 11.3. The van der Waals surface area contributed by atoms with Crippen LogP contribution < -0.4 is 5.32 Å². The Hall–Kier alpha value is -1.60. The number of benzene rings is 1. The third-order valence-corrected chi connectivity index (χ3v) is 4.56. The molecule has 1 aliphatic carbocycles. The van der Waals surface area contributed by atoms with Crippen molar-refractivity contribution in [3.8, 4) is 0 Å². The molecule has 1 saturated carbocycles. The van der Waals surface area contributed by atoms with E-state index >= 15 is 0 Å². The highest BCUT2D eigenvalue weighted by Gasteiger charge is 2.34. The van der Waals surface area contributed by atoms with Gasteiger partial charge in [0, 0.05) is 18.5 Å². The van der Waals surface area contributed by atoms with Crippen LogP contribution in [0.4, 0.5) is 13.2 Å². The molecule has 3 rings (SSSR count). The first-order valence-electron chi connectivity index (χ1n) is 8.27. The molecule has 0 amide bonds. The minimum Gasteiger partial charge on any atom is -0.392 e. The van der Waals surface area contributed by atoms with Crippen LogP contribution in [-0.2, 0) is 12.7 Å². The molecule has 1 aromatic carbocycles. The molecule has 0 bridgehead atoms. The van der Waals surface area contributed by atoms with E-state index in [0.717, 1.165) is 25.3 Å². The van der Waals surface area contributed by atoms with Crippen LogP contribution in [0, 0.1) is 0 Å². The summed E-state index contributed by atoms with van der Waals surface area (Å²) in [6.45, 7) is 4.06. The number of rotatable bonds is 4. The molecular weight excluding hydrogens is 319 g/mol. The molecule has 0 radical (unpaired) electrons. The molecule has 1 fully saturated rings. The first-order valence-corrected chi connectivity index (χ1v) is 8.27. The maximum atomic E-state index is 13.4. The molecule has 1 heterocycles. The van der Waals surface area contributed by atoms with Gasteiger partial charge >= 0.3 is 6.18 Å². The van der Waals surface area contributed by atoms with Crippen molar-refractivity contribution in [2.45, 2.75) is 63.9 Å². The van der Waals surface area contributed by atoms with E-state index in [0.29, 0.717) is 16.9 Å². The number of hydrogen-bond acceptors (Lipinski definition) is 3. The summed E-state index contributed by atoms with van der Waals surface area (Å²) in [7, 11) is 0. The molecule has 7 heteroatoms. The van der Waals surface area contributed by atoms with Crippen molar-refractivity contribution in [3.63, 3.8) is 0 Å². The van der Waals surface area contributed by atoms with Gasteiger partial charge in [-0.15, -0.1) is 0 Å². The normalized spacial score (nSPS) is 22.0. The summed E-state index contributed by atoms with van der Waals surface area (Å²) >= 11 is 0. The zero-order valence-electron chi connectivity index (χ0n) is 13.7. The van der Waals surface area contributed by atoms with Crippen molar-refractivity contribution < 1.29 is 18.3 Å². The SMILES string of the molecule is CC(C)c1nc2c(C(F)(F)F)cc(CN[C@@H]3CCC[C@H]3O)cc2[nH]1. The highest BCUT2D eigenvalue weighted by molar-refractivity contribution is 5.80. The van der Waals surface area contributed by atoms with Crippen molar-refractivity contribution in [3.05, 3.63) is 29.1 Å². The van der Waals surface area contributed by atoms with E-state index in [9.17, 15) is 18.3 Å². The zero-order valence-corrected chi connectivity index (χ0v) is 13.7. The van der Waals surface area contributed by atoms with Crippen LogP contribution in [0.15, 0.2) is 12.1 Å². The fraction of sp³-hybridized carbons (Fsp3) is 0.588. The van der Waals surface area contributed by atoms with Crippen molar-refractivity contribution in [2.24, 2.45) is 0 Å². The van der Waals surface area contributed by atoms with Gasteiger partial charge in [0.05, 0.1) is 17.2 Å². The average molecular weight is 341 g/mol. The van der Waals surface area contributed by atoms with Gasteiger partial charge in [0.15, 0.2) is 0 Å². The number of hydrogen-bond donors (Lipinski definition) is 3. The topological polar surface area (TPSA) is 60.9 Å². The molecular formula is C17H22F3N3O. The lowest BCUT2D eigenvalue weighted by Crippen LogP contribution is -2.35. The van der Waals surface area contributed by atoms with Crippen molar-refractivity contribution in [2.75, 3.05) is 0 Å². The fourth-order valence-corrected chi connectivity index (χ4v) is 3.22. The van der Waals surface area contributed by atoms with Crippen LogP contribution in [0.3, 0.4) is 0 Å². The Labute approximate surface area is 138 Å². The van der Waals surface area contributed by atoms with E-state index < -0.39 is 17.8 Å². The van der Waals surface area contributed by atoms with E-state index in [1.165, 1.54) is 0 Å². The van der Waals surface area contributed by atoms with Gasteiger partial charge in [-0.3, -0.25) is 0 Å². The number of aromatic amines is 1. The van der Waals surface area contributed by atoms with Gasteiger partial charge in [0.25, 0.3) is 0 Å². The molecule has 0 unspecified atom stereocenters. The Kier molecular flexibility index (Phi) is 4.57. The average Bonchev–Trinajstić information content (AvgIpc) is 3.09. The molecule has 1 aliphatic rings. The van der Waals surface area contributed by atoms with Crippen LogP contribution in [0.1, 0.15) is 56.0 Å². The number of nitrogens with one attached hydrogen (secondary N) is 2. The van der Waals surface area contributed by atoms with Gasteiger partial charge in [0.2, 0.25) is 0 Å². The molecule has 0 aliphatic heterocycles. The predicted octanol–water partition coefficient (Wildman–Crippen LogP) is 3.71. The number of halogens is 3. The molecule has 0 spiro atoms. The second kappa shape index (κ2) is 6.37. The molecule has 24 heavy (non-hydrogen) atoms. The summed E-state index contributed by atoms with van der Waals surface area (Å²) in [5.74, 6) is 0.570. The lowest BCUT2D eigenvalue weighted by molar-refractivity contribution is -0.136. The van der Waals surface area contributed by atoms with Gasteiger partial charge < -0.3 is 15.4 Å². The van der Waals surface area contributed by atoms with E-state index in [1.807, 2.05) is 13.8 Å². The molecule has 1 aromatic heterocycles. The van der Waals surface area contributed by atoms with Gasteiger partial charge in [-0.05, 0) is 37.0 Å². The Bertz CT molecular complexity index is 724. The third kappa shape index (κ3) is 3.42. The largest absolute Gasteiger partial charge is 0.418 e. The molecule has 132 valence electrons. The number of aliphatic hydroxyl groups excluding tert-OH is 1. The Balaban J connectivity index is 1.93. The highest BCUT2D eigenvalue weighted by atomic mass is 19.4. The monoisotopic (exact) mass is 341 g/mol. The van der Waals surface area contributed by atoms with Crippen LogP contribution in [0.2, 0.25) is 0 Å². The van der Waals surface area contributed by atoms with Gasteiger partial charge in [0.1, 0.15) is 11.3 Å². The molecule has 3 N–H and O–H groups in total. The standard InChI is InChI=1S/C17H22F3N3O/c1-9(2)16-22-13-7-10(8-21-12-4-3-5-14(12)24)6-11(15(13)23-16)17(18,19)20/h6-7,9,12,14,21,24H,3-5,8H2,1-2H3,(H,22,23)/t12-,14-/m1/s1. The zero-order chi connectivity index (χ0) is 17.5. The number of alkyl halides is 3. The van der Waals surface area contributed by atoms with Crippen LogP contribution in [-0.4, -0.2) is 27.2 Å². The van der Waals surface area contributed by atoms with Gasteiger partial charge in [-0.2, -0.15) is 13.2 Å².